The lowest BCUT2D eigenvalue weighted by Gasteiger charge is -2.31. The molecule has 0 saturated heterocycles. The van der Waals surface area contributed by atoms with Crippen LogP contribution in [0.4, 0.5) is 0 Å². The van der Waals surface area contributed by atoms with Gasteiger partial charge in [-0.25, -0.2) is 4.98 Å². The largest absolute Gasteiger partial charge is 0.266 e. The lowest BCUT2D eigenvalue weighted by atomic mass is 9.71. The standard InChI is InChI=1S/C24H18ClN3/c1-16-7-6-12-21(22(16)25)24(23-26-15-27-28-23)14-13-17-8-2-3-9-18(17)19-10-4-5-11-20(19)24/h2-15H,1H3,(H,26,27,28). The molecule has 0 aliphatic heterocycles. The van der Waals surface area contributed by atoms with Crippen LogP contribution in [0.2, 0.25) is 5.02 Å². The Morgan fingerprint density at radius 3 is 2.43 bits per heavy atom. The lowest BCUT2D eigenvalue weighted by molar-refractivity contribution is 0.715. The van der Waals surface area contributed by atoms with E-state index in [1.165, 1.54) is 5.56 Å². The van der Waals surface area contributed by atoms with Crippen molar-refractivity contribution in [1.29, 1.82) is 0 Å². The first-order chi connectivity index (χ1) is 13.7. The maximum Gasteiger partial charge on any atom is 0.169 e. The first-order valence-corrected chi connectivity index (χ1v) is 9.59. The van der Waals surface area contributed by atoms with Crippen molar-refractivity contribution in [3.8, 4) is 11.1 Å². The Balaban J connectivity index is 1.95. The Kier molecular flexibility index (Phi) is 3.92. The molecule has 1 aliphatic rings. The van der Waals surface area contributed by atoms with Gasteiger partial charge in [-0.1, -0.05) is 90.5 Å². The fourth-order valence-corrected chi connectivity index (χ4v) is 4.43. The minimum atomic E-state index is -0.696. The normalized spacial score (nSPS) is 17.6. The highest BCUT2D eigenvalue weighted by Crippen LogP contribution is 2.48. The summed E-state index contributed by atoms with van der Waals surface area (Å²) >= 11 is 6.86. The molecular weight excluding hydrogens is 366 g/mol. The van der Waals surface area contributed by atoms with Crippen molar-refractivity contribution in [2.75, 3.05) is 0 Å². The first-order valence-electron chi connectivity index (χ1n) is 9.22. The predicted octanol–water partition coefficient (Wildman–Crippen LogP) is 5.79. The van der Waals surface area contributed by atoms with E-state index in [-0.39, 0.29) is 0 Å². The number of hydrogen-bond acceptors (Lipinski definition) is 2. The molecule has 4 aromatic rings. The van der Waals surface area contributed by atoms with E-state index in [4.69, 9.17) is 11.6 Å². The molecule has 1 aliphatic carbocycles. The molecular formula is C24H18ClN3. The summed E-state index contributed by atoms with van der Waals surface area (Å²) in [5.74, 6) is 0.677. The van der Waals surface area contributed by atoms with E-state index >= 15 is 0 Å². The third-order valence-electron chi connectivity index (χ3n) is 5.50. The molecule has 136 valence electrons. The van der Waals surface area contributed by atoms with Crippen LogP contribution >= 0.6 is 11.6 Å². The van der Waals surface area contributed by atoms with Gasteiger partial charge in [0.05, 0.1) is 0 Å². The summed E-state index contributed by atoms with van der Waals surface area (Å²) in [5, 5.41) is 8.14. The number of aryl methyl sites for hydroxylation is 1. The summed E-state index contributed by atoms with van der Waals surface area (Å²) in [6.07, 6.45) is 5.96. The van der Waals surface area contributed by atoms with Crippen molar-refractivity contribution >= 4 is 17.7 Å². The number of benzene rings is 3. The molecule has 0 bridgehead atoms. The van der Waals surface area contributed by atoms with Gasteiger partial charge in [-0.05, 0) is 40.3 Å². The van der Waals surface area contributed by atoms with Gasteiger partial charge in [-0.3, -0.25) is 5.10 Å². The maximum absolute atomic E-state index is 6.86. The van der Waals surface area contributed by atoms with Crippen LogP contribution in [0.15, 0.2) is 79.1 Å². The van der Waals surface area contributed by atoms with Crippen molar-refractivity contribution in [2.24, 2.45) is 0 Å². The topological polar surface area (TPSA) is 41.6 Å². The number of nitrogens with one attached hydrogen (secondary N) is 1. The minimum Gasteiger partial charge on any atom is -0.266 e. The molecule has 3 aromatic carbocycles. The van der Waals surface area contributed by atoms with Crippen LogP contribution < -0.4 is 0 Å². The smallest absolute Gasteiger partial charge is 0.169 e. The zero-order valence-electron chi connectivity index (χ0n) is 15.4. The van der Waals surface area contributed by atoms with Crippen LogP contribution in [0.5, 0.6) is 0 Å². The van der Waals surface area contributed by atoms with Crippen molar-refractivity contribution in [1.82, 2.24) is 15.2 Å². The Labute approximate surface area is 168 Å². The van der Waals surface area contributed by atoms with Gasteiger partial charge >= 0.3 is 0 Å². The molecule has 1 atom stereocenters. The van der Waals surface area contributed by atoms with E-state index in [0.717, 1.165) is 32.8 Å². The summed E-state index contributed by atoms with van der Waals surface area (Å²) in [5.41, 5.74) is 5.94. The Bertz CT molecular complexity index is 1190. The fraction of sp³-hybridized carbons (Fsp3) is 0.0833. The number of H-pyrrole nitrogens is 1. The lowest BCUT2D eigenvalue weighted by Crippen LogP contribution is -2.29. The molecule has 1 N–H and O–H groups in total. The van der Waals surface area contributed by atoms with Gasteiger partial charge in [0, 0.05) is 5.02 Å². The van der Waals surface area contributed by atoms with Crippen molar-refractivity contribution in [3.63, 3.8) is 0 Å². The number of aromatic amines is 1. The van der Waals surface area contributed by atoms with E-state index in [0.29, 0.717) is 5.82 Å². The van der Waals surface area contributed by atoms with Crippen LogP contribution in [0.1, 0.15) is 28.1 Å². The average molecular weight is 384 g/mol. The Morgan fingerprint density at radius 1 is 0.857 bits per heavy atom. The van der Waals surface area contributed by atoms with Crippen molar-refractivity contribution in [3.05, 3.63) is 112 Å². The molecule has 28 heavy (non-hydrogen) atoms. The number of halogens is 1. The van der Waals surface area contributed by atoms with Crippen molar-refractivity contribution < 1.29 is 0 Å². The summed E-state index contributed by atoms with van der Waals surface area (Å²) in [6.45, 7) is 2.03. The number of aromatic nitrogens is 3. The molecule has 1 unspecified atom stereocenters. The molecule has 1 aromatic heterocycles. The van der Waals surface area contributed by atoms with Gasteiger partial charge in [-0.2, -0.15) is 5.10 Å². The summed E-state index contributed by atoms with van der Waals surface area (Å²) in [6, 6.07) is 23.0. The van der Waals surface area contributed by atoms with Crippen LogP contribution in [0.25, 0.3) is 17.2 Å². The minimum absolute atomic E-state index is 0.677. The summed E-state index contributed by atoms with van der Waals surface area (Å²) in [7, 11) is 0. The van der Waals surface area contributed by atoms with Gasteiger partial charge in [0.15, 0.2) is 5.82 Å². The second-order valence-corrected chi connectivity index (χ2v) is 7.41. The monoisotopic (exact) mass is 383 g/mol. The van der Waals surface area contributed by atoms with Crippen LogP contribution in [-0.2, 0) is 5.41 Å². The number of rotatable bonds is 2. The molecule has 0 radical (unpaired) electrons. The molecule has 0 saturated carbocycles. The fourth-order valence-electron chi connectivity index (χ4n) is 4.16. The second kappa shape index (κ2) is 6.47. The molecule has 3 nitrogen and oxygen atoms in total. The van der Waals surface area contributed by atoms with Gasteiger partial charge in [0.2, 0.25) is 0 Å². The second-order valence-electron chi connectivity index (χ2n) is 7.03. The van der Waals surface area contributed by atoms with E-state index in [2.05, 4.69) is 81.9 Å². The highest BCUT2D eigenvalue weighted by atomic mass is 35.5. The Hall–Kier alpha value is -3.17. The molecule has 0 fully saturated rings. The van der Waals surface area contributed by atoms with Gasteiger partial charge < -0.3 is 0 Å². The average Bonchev–Trinajstić information content (AvgIpc) is 3.23. The van der Waals surface area contributed by atoms with Gasteiger partial charge in [0.1, 0.15) is 11.7 Å². The van der Waals surface area contributed by atoms with Crippen LogP contribution in [0.3, 0.4) is 0 Å². The van der Waals surface area contributed by atoms with E-state index in [9.17, 15) is 0 Å². The molecule has 5 rings (SSSR count). The molecule has 0 spiro atoms. The zero-order valence-corrected chi connectivity index (χ0v) is 16.1. The number of nitrogens with zero attached hydrogens (tertiary/aromatic N) is 2. The predicted molar refractivity (Wildman–Crippen MR) is 113 cm³/mol. The molecule has 1 heterocycles. The maximum atomic E-state index is 6.86. The van der Waals surface area contributed by atoms with Gasteiger partial charge in [-0.15, -0.1) is 0 Å². The summed E-state index contributed by atoms with van der Waals surface area (Å²) < 4.78 is 0. The van der Waals surface area contributed by atoms with Crippen LogP contribution in [-0.4, -0.2) is 15.2 Å². The van der Waals surface area contributed by atoms with E-state index in [1.807, 2.05) is 19.1 Å². The van der Waals surface area contributed by atoms with E-state index < -0.39 is 5.41 Å². The number of hydrogen-bond donors (Lipinski definition) is 1. The quantitative estimate of drug-likeness (QED) is 0.475. The highest BCUT2D eigenvalue weighted by molar-refractivity contribution is 6.32. The van der Waals surface area contributed by atoms with Gasteiger partial charge in [0.25, 0.3) is 0 Å². The number of fused-ring (bicyclic) bond motifs is 3. The highest BCUT2D eigenvalue weighted by Gasteiger charge is 2.42. The third kappa shape index (κ3) is 2.36. The first kappa shape index (κ1) is 17.0. The number of allylic oxidation sites excluding steroid dienone is 1. The van der Waals surface area contributed by atoms with Crippen molar-refractivity contribution in [2.45, 2.75) is 12.3 Å². The summed E-state index contributed by atoms with van der Waals surface area (Å²) in [4.78, 5) is 4.59. The SMILES string of the molecule is Cc1cccc(C2(c3nc[nH]n3)C=Cc3ccccc3-c3ccccc32)c1Cl. The van der Waals surface area contributed by atoms with Crippen LogP contribution in [0, 0.1) is 6.92 Å². The molecule has 0 amide bonds. The van der Waals surface area contributed by atoms with E-state index in [1.54, 1.807) is 6.33 Å². The Morgan fingerprint density at radius 2 is 1.61 bits per heavy atom. The zero-order chi connectivity index (χ0) is 19.1. The third-order valence-corrected chi connectivity index (χ3v) is 6.00. The molecule has 4 heteroatoms.